The lowest BCUT2D eigenvalue weighted by Crippen LogP contribution is -2.05. The Labute approximate surface area is 126 Å². The average molecular weight is 339 g/mol. The molecule has 4 heteroatoms. The molecule has 0 aliphatic carbocycles. The number of hydrogen-bond acceptors (Lipinski definition) is 2. The fraction of sp³-hybridized carbons (Fsp3) is 0.250. The fourth-order valence-electron chi connectivity index (χ4n) is 2.16. The van der Waals surface area contributed by atoms with Crippen LogP contribution in [0.4, 0.5) is 4.39 Å². The summed E-state index contributed by atoms with van der Waals surface area (Å²) in [6.07, 6.45) is -0.859. The second kappa shape index (κ2) is 5.94. The molecule has 0 aliphatic rings. The van der Waals surface area contributed by atoms with Gasteiger partial charge in [0, 0.05) is 11.6 Å². The third-order valence-corrected chi connectivity index (χ3v) is 3.90. The van der Waals surface area contributed by atoms with Gasteiger partial charge in [-0.25, -0.2) is 4.39 Å². The summed E-state index contributed by atoms with van der Waals surface area (Å²) >= 11 is 3.14. The molecular formula is C16H16BrFO2. The van der Waals surface area contributed by atoms with E-state index >= 15 is 0 Å². The molecule has 2 nitrogen and oxygen atoms in total. The van der Waals surface area contributed by atoms with Crippen molar-refractivity contribution in [3.63, 3.8) is 0 Å². The molecule has 0 aromatic heterocycles. The van der Waals surface area contributed by atoms with Crippen LogP contribution in [0.3, 0.4) is 0 Å². The van der Waals surface area contributed by atoms with Crippen LogP contribution >= 0.6 is 15.9 Å². The van der Waals surface area contributed by atoms with Crippen molar-refractivity contribution in [1.82, 2.24) is 0 Å². The van der Waals surface area contributed by atoms with E-state index in [1.807, 2.05) is 32.0 Å². The van der Waals surface area contributed by atoms with Gasteiger partial charge in [0.15, 0.2) is 0 Å². The van der Waals surface area contributed by atoms with Crippen molar-refractivity contribution in [2.45, 2.75) is 20.0 Å². The Bertz CT molecular complexity index is 641. The maximum Gasteiger partial charge on any atom is 0.141 e. The quantitative estimate of drug-likeness (QED) is 0.904. The van der Waals surface area contributed by atoms with Gasteiger partial charge in [0.1, 0.15) is 17.7 Å². The first kappa shape index (κ1) is 15.0. The van der Waals surface area contributed by atoms with Crippen molar-refractivity contribution in [2.24, 2.45) is 0 Å². The van der Waals surface area contributed by atoms with Crippen LogP contribution in [-0.2, 0) is 0 Å². The van der Waals surface area contributed by atoms with E-state index in [-0.39, 0.29) is 0 Å². The van der Waals surface area contributed by atoms with Crippen LogP contribution in [0, 0.1) is 19.7 Å². The minimum atomic E-state index is -0.859. The van der Waals surface area contributed by atoms with Crippen LogP contribution in [0.1, 0.15) is 28.4 Å². The van der Waals surface area contributed by atoms with Crippen molar-refractivity contribution in [2.75, 3.05) is 7.11 Å². The number of benzene rings is 2. The zero-order valence-electron chi connectivity index (χ0n) is 11.6. The van der Waals surface area contributed by atoms with Gasteiger partial charge in [-0.3, -0.25) is 0 Å². The van der Waals surface area contributed by atoms with Crippen molar-refractivity contribution < 1.29 is 14.2 Å². The lowest BCUT2D eigenvalue weighted by atomic mass is 9.95. The summed E-state index contributed by atoms with van der Waals surface area (Å²) in [6, 6.07) is 8.70. The first-order chi connectivity index (χ1) is 9.43. The Kier molecular flexibility index (Phi) is 4.45. The summed E-state index contributed by atoms with van der Waals surface area (Å²) in [5.74, 6) is -0.0853. The lowest BCUT2D eigenvalue weighted by Gasteiger charge is -2.18. The summed E-state index contributed by atoms with van der Waals surface area (Å²) in [7, 11) is 1.46. The molecule has 1 unspecified atom stereocenters. The van der Waals surface area contributed by atoms with Gasteiger partial charge in [-0.2, -0.15) is 0 Å². The number of ether oxygens (including phenoxy) is 1. The Morgan fingerprint density at radius 1 is 1.15 bits per heavy atom. The van der Waals surface area contributed by atoms with E-state index in [1.54, 1.807) is 6.07 Å². The fourth-order valence-corrected chi connectivity index (χ4v) is 2.52. The molecule has 1 atom stereocenters. The molecule has 2 rings (SSSR count). The van der Waals surface area contributed by atoms with Crippen molar-refractivity contribution >= 4 is 15.9 Å². The number of aliphatic hydroxyl groups excluding tert-OH is 1. The zero-order chi connectivity index (χ0) is 14.9. The minimum absolute atomic E-state index is 0.303. The highest BCUT2D eigenvalue weighted by Crippen LogP contribution is 2.35. The topological polar surface area (TPSA) is 29.5 Å². The molecule has 20 heavy (non-hydrogen) atoms. The summed E-state index contributed by atoms with van der Waals surface area (Å²) in [6.45, 7) is 3.90. The Morgan fingerprint density at radius 2 is 1.85 bits per heavy atom. The minimum Gasteiger partial charge on any atom is -0.496 e. The summed E-state index contributed by atoms with van der Waals surface area (Å²) < 4.78 is 19.0. The molecule has 0 aliphatic heterocycles. The molecule has 2 aromatic carbocycles. The van der Waals surface area contributed by atoms with E-state index in [1.165, 1.54) is 13.2 Å². The van der Waals surface area contributed by atoms with E-state index in [4.69, 9.17) is 4.74 Å². The van der Waals surface area contributed by atoms with Gasteiger partial charge in [0.2, 0.25) is 0 Å². The SMILES string of the molecule is COc1cc(F)c(Br)cc1C(O)c1cc(C)ccc1C. The van der Waals surface area contributed by atoms with E-state index < -0.39 is 11.9 Å². The summed E-state index contributed by atoms with van der Waals surface area (Å²) in [4.78, 5) is 0. The van der Waals surface area contributed by atoms with Gasteiger partial charge in [-0.05, 0) is 47.0 Å². The zero-order valence-corrected chi connectivity index (χ0v) is 13.2. The van der Waals surface area contributed by atoms with E-state index in [9.17, 15) is 9.50 Å². The third-order valence-electron chi connectivity index (χ3n) is 3.30. The number of aryl methyl sites for hydroxylation is 2. The number of halogens is 2. The molecule has 106 valence electrons. The number of rotatable bonds is 3. The monoisotopic (exact) mass is 338 g/mol. The lowest BCUT2D eigenvalue weighted by molar-refractivity contribution is 0.213. The van der Waals surface area contributed by atoms with E-state index in [2.05, 4.69) is 15.9 Å². The molecule has 0 saturated heterocycles. The largest absolute Gasteiger partial charge is 0.496 e. The highest BCUT2D eigenvalue weighted by molar-refractivity contribution is 9.10. The second-order valence-electron chi connectivity index (χ2n) is 4.77. The van der Waals surface area contributed by atoms with Crippen LogP contribution in [0.25, 0.3) is 0 Å². The van der Waals surface area contributed by atoms with Crippen molar-refractivity contribution in [1.29, 1.82) is 0 Å². The van der Waals surface area contributed by atoms with Crippen LogP contribution in [-0.4, -0.2) is 12.2 Å². The molecule has 0 saturated carbocycles. The predicted octanol–water partition coefficient (Wildman–Crippen LogP) is 4.30. The number of methoxy groups -OCH3 is 1. The third kappa shape index (κ3) is 2.86. The Morgan fingerprint density at radius 3 is 2.50 bits per heavy atom. The van der Waals surface area contributed by atoms with Gasteiger partial charge in [-0.1, -0.05) is 23.8 Å². The first-order valence-electron chi connectivity index (χ1n) is 6.22. The standard InChI is InChI=1S/C16H16BrFO2/c1-9-4-5-10(2)11(6-9)16(19)12-7-13(17)14(18)8-15(12)20-3/h4-8,16,19H,1-3H3. The summed E-state index contributed by atoms with van der Waals surface area (Å²) in [5, 5.41) is 10.6. The van der Waals surface area contributed by atoms with E-state index in [0.717, 1.165) is 16.7 Å². The first-order valence-corrected chi connectivity index (χ1v) is 7.01. The van der Waals surface area contributed by atoms with Crippen LogP contribution in [0.2, 0.25) is 0 Å². The van der Waals surface area contributed by atoms with Gasteiger partial charge < -0.3 is 9.84 Å². The van der Waals surface area contributed by atoms with Crippen molar-refractivity contribution in [3.05, 3.63) is 62.9 Å². The Hall–Kier alpha value is -1.39. The second-order valence-corrected chi connectivity index (χ2v) is 5.63. The van der Waals surface area contributed by atoms with E-state index in [0.29, 0.717) is 15.8 Å². The molecule has 0 bridgehead atoms. The number of aliphatic hydroxyl groups is 1. The van der Waals surface area contributed by atoms with Crippen LogP contribution in [0.5, 0.6) is 5.75 Å². The molecule has 0 radical (unpaired) electrons. The molecule has 2 aromatic rings. The predicted molar refractivity (Wildman–Crippen MR) is 80.6 cm³/mol. The van der Waals surface area contributed by atoms with Gasteiger partial charge >= 0.3 is 0 Å². The number of hydrogen-bond donors (Lipinski definition) is 1. The highest BCUT2D eigenvalue weighted by atomic mass is 79.9. The molecule has 0 fully saturated rings. The summed E-state index contributed by atoms with van der Waals surface area (Å²) in [5.41, 5.74) is 3.37. The van der Waals surface area contributed by atoms with Crippen LogP contribution in [0.15, 0.2) is 34.8 Å². The molecule has 0 heterocycles. The maximum atomic E-state index is 13.5. The molecule has 0 spiro atoms. The van der Waals surface area contributed by atoms with Gasteiger partial charge in [0.25, 0.3) is 0 Å². The van der Waals surface area contributed by atoms with Crippen LogP contribution < -0.4 is 4.74 Å². The molecule has 0 amide bonds. The Balaban J connectivity index is 2.55. The highest BCUT2D eigenvalue weighted by Gasteiger charge is 2.19. The molecular weight excluding hydrogens is 323 g/mol. The molecule has 1 N–H and O–H groups in total. The smallest absolute Gasteiger partial charge is 0.141 e. The van der Waals surface area contributed by atoms with Crippen molar-refractivity contribution in [3.8, 4) is 5.75 Å². The maximum absolute atomic E-state index is 13.5. The van der Waals surface area contributed by atoms with Gasteiger partial charge in [-0.15, -0.1) is 0 Å². The average Bonchev–Trinajstić information content (AvgIpc) is 2.43. The van der Waals surface area contributed by atoms with Gasteiger partial charge in [0.05, 0.1) is 11.6 Å². The normalized spacial score (nSPS) is 12.3.